The Morgan fingerprint density at radius 2 is 1.65 bits per heavy atom. The number of aromatic hydroxyl groups is 1. The van der Waals surface area contributed by atoms with Crippen LogP contribution in [0.15, 0.2) is 79.1 Å². The predicted molar refractivity (Wildman–Crippen MR) is 99.5 cm³/mol. The van der Waals surface area contributed by atoms with Crippen molar-refractivity contribution in [3.63, 3.8) is 0 Å². The van der Waals surface area contributed by atoms with E-state index in [0.717, 1.165) is 5.39 Å². The number of hydrogen-bond donors (Lipinski definition) is 2. The van der Waals surface area contributed by atoms with Gasteiger partial charge in [0.15, 0.2) is 0 Å². The van der Waals surface area contributed by atoms with Gasteiger partial charge in [0.25, 0.3) is 0 Å². The van der Waals surface area contributed by atoms with E-state index in [1.165, 1.54) is 6.07 Å². The molecule has 2 N–H and O–H groups in total. The predicted octanol–water partition coefficient (Wildman–Crippen LogP) is 4.68. The summed E-state index contributed by atoms with van der Waals surface area (Å²) < 4.78 is 14.2. The van der Waals surface area contributed by atoms with Crippen molar-refractivity contribution in [3.05, 3.63) is 96.2 Å². The first-order valence-corrected chi connectivity index (χ1v) is 8.22. The molecule has 0 fully saturated rings. The van der Waals surface area contributed by atoms with E-state index in [9.17, 15) is 9.50 Å². The Kier molecular flexibility index (Phi) is 4.19. The van der Waals surface area contributed by atoms with Gasteiger partial charge >= 0.3 is 0 Å². The first kappa shape index (κ1) is 16.0. The van der Waals surface area contributed by atoms with Crippen LogP contribution in [0.4, 0.5) is 10.1 Å². The van der Waals surface area contributed by atoms with Gasteiger partial charge in [-0.05, 0) is 30.3 Å². The van der Waals surface area contributed by atoms with Crippen LogP contribution in [0, 0.1) is 5.82 Å². The molecule has 0 amide bonds. The van der Waals surface area contributed by atoms with E-state index in [2.05, 4.69) is 15.3 Å². The monoisotopic (exact) mass is 345 g/mol. The number of aromatic nitrogens is 2. The molecule has 26 heavy (non-hydrogen) atoms. The van der Waals surface area contributed by atoms with Gasteiger partial charge in [-0.3, -0.25) is 9.97 Å². The van der Waals surface area contributed by atoms with Crippen molar-refractivity contribution in [2.75, 3.05) is 5.32 Å². The molecule has 0 aliphatic rings. The summed E-state index contributed by atoms with van der Waals surface area (Å²) in [5, 5.41) is 14.8. The van der Waals surface area contributed by atoms with Gasteiger partial charge in [0.1, 0.15) is 17.1 Å². The normalized spacial score (nSPS) is 12.0. The molecule has 1 unspecified atom stereocenters. The summed E-state index contributed by atoms with van der Waals surface area (Å²) in [5.41, 5.74) is 2.09. The molecule has 0 bridgehead atoms. The quantitative estimate of drug-likeness (QED) is 0.564. The lowest BCUT2D eigenvalue weighted by Crippen LogP contribution is -2.15. The smallest absolute Gasteiger partial charge is 0.147 e. The molecule has 2 aromatic heterocycles. The summed E-state index contributed by atoms with van der Waals surface area (Å²) in [6, 6.07) is 18.8. The highest BCUT2D eigenvalue weighted by Crippen LogP contribution is 2.36. The number of benzene rings is 2. The van der Waals surface area contributed by atoms with Gasteiger partial charge in [0.2, 0.25) is 0 Å². The Balaban J connectivity index is 1.86. The van der Waals surface area contributed by atoms with Crippen LogP contribution in [0.25, 0.3) is 10.9 Å². The third-order valence-electron chi connectivity index (χ3n) is 4.25. The van der Waals surface area contributed by atoms with E-state index in [4.69, 9.17) is 0 Å². The molecule has 2 heterocycles. The highest BCUT2D eigenvalue weighted by Gasteiger charge is 2.21. The first-order chi connectivity index (χ1) is 12.7. The summed E-state index contributed by atoms with van der Waals surface area (Å²) >= 11 is 0. The summed E-state index contributed by atoms with van der Waals surface area (Å²) in [6.07, 6.45) is 3.30. The molecule has 4 nitrogen and oxygen atoms in total. The molecular formula is C21H16FN3O. The van der Waals surface area contributed by atoms with E-state index in [0.29, 0.717) is 22.5 Å². The lowest BCUT2D eigenvalue weighted by atomic mass is 9.99. The number of hydrogen-bond acceptors (Lipinski definition) is 4. The summed E-state index contributed by atoms with van der Waals surface area (Å²) in [6.45, 7) is 0. The van der Waals surface area contributed by atoms with Crippen LogP contribution in [-0.2, 0) is 0 Å². The van der Waals surface area contributed by atoms with Crippen LogP contribution < -0.4 is 5.32 Å². The van der Waals surface area contributed by atoms with Crippen LogP contribution in [0.5, 0.6) is 5.75 Å². The van der Waals surface area contributed by atoms with Crippen molar-refractivity contribution < 1.29 is 9.50 Å². The molecule has 0 saturated heterocycles. The molecule has 4 aromatic rings. The molecule has 5 heteroatoms. The molecule has 1 atom stereocenters. The fourth-order valence-corrected chi connectivity index (χ4v) is 2.97. The fraction of sp³-hybridized carbons (Fsp3) is 0.0476. The fourth-order valence-electron chi connectivity index (χ4n) is 2.97. The standard InChI is InChI=1S/C21H16FN3O/c22-16-7-1-2-8-17(16)25-20(18-9-3-4-12-23-18)15-11-10-14-6-5-13-24-19(14)21(15)26/h1-13,20,25-26H. The molecule has 0 spiro atoms. The molecular weight excluding hydrogens is 329 g/mol. The average Bonchev–Trinajstić information content (AvgIpc) is 2.69. The van der Waals surface area contributed by atoms with Crippen LogP contribution in [-0.4, -0.2) is 15.1 Å². The Morgan fingerprint density at radius 1 is 0.846 bits per heavy atom. The van der Waals surface area contributed by atoms with Crippen molar-refractivity contribution in [3.8, 4) is 5.75 Å². The van der Waals surface area contributed by atoms with Gasteiger partial charge in [-0.2, -0.15) is 0 Å². The number of anilines is 1. The maximum Gasteiger partial charge on any atom is 0.147 e. The van der Waals surface area contributed by atoms with Gasteiger partial charge in [-0.25, -0.2) is 4.39 Å². The highest BCUT2D eigenvalue weighted by atomic mass is 19.1. The number of halogens is 1. The summed E-state index contributed by atoms with van der Waals surface area (Å²) in [5.74, 6) is -0.311. The average molecular weight is 345 g/mol. The summed E-state index contributed by atoms with van der Waals surface area (Å²) in [7, 11) is 0. The Hall–Kier alpha value is -3.47. The van der Waals surface area contributed by atoms with E-state index in [-0.39, 0.29) is 11.6 Å². The van der Waals surface area contributed by atoms with Gasteiger partial charge in [0, 0.05) is 23.3 Å². The van der Waals surface area contributed by atoms with E-state index >= 15 is 0 Å². The lowest BCUT2D eigenvalue weighted by Gasteiger charge is -2.22. The molecule has 0 radical (unpaired) electrons. The Bertz CT molecular complexity index is 1050. The number of para-hydroxylation sites is 1. The number of phenols is 1. The van der Waals surface area contributed by atoms with Crippen molar-refractivity contribution in [2.24, 2.45) is 0 Å². The number of fused-ring (bicyclic) bond motifs is 1. The first-order valence-electron chi connectivity index (χ1n) is 8.22. The molecule has 4 rings (SSSR count). The third kappa shape index (κ3) is 2.95. The van der Waals surface area contributed by atoms with Crippen LogP contribution >= 0.6 is 0 Å². The van der Waals surface area contributed by atoms with Gasteiger partial charge < -0.3 is 10.4 Å². The Morgan fingerprint density at radius 3 is 2.46 bits per heavy atom. The minimum Gasteiger partial charge on any atom is -0.505 e. The second kappa shape index (κ2) is 6.80. The number of pyridine rings is 2. The largest absolute Gasteiger partial charge is 0.505 e. The van der Waals surface area contributed by atoms with Crippen molar-refractivity contribution in [1.82, 2.24) is 9.97 Å². The lowest BCUT2D eigenvalue weighted by molar-refractivity contribution is 0.471. The molecule has 2 aromatic carbocycles. The van der Waals surface area contributed by atoms with Gasteiger partial charge in [-0.1, -0.05) is 36.4 Å². The minimum atomic E-state index is -0.528. The minimum absolute atomic E-state index is 0.0580. The van der Waals surface area contributed by atoms with E-state index < -0.39 is 6.04 Å². The van der Waals surface area contributed by atoms with E-state index in [1.807, 2.05) is 42.5 Å². The molecule has 128 valence electrons. The zero-order chi connectivity index (χ0) is 17.9. The Labute approximate surface area is 150 Å². The zero-order valence-electron chi connectivity index (χ0n) is 13.8. The molecule has 0 saturated carbocycles. The zero-order valence-corrected chi connectivity index (χ0v) is 13.8. The number of phenolic OH excluding ortho intramolecular Hbond substituents is 1. The van der Waals surface area contributed by atoms with Crippen LogP contribution in [0.2, 0.25) is 0 Å². The van der Waals surface area contributed by atoms with E-state index in [1.54, 1.807) is 30.6 Å². The van der Waals surface area contributed by atoms with Crippen molar-refractivity contribution in [2.45, 2.75) is 6.04 Å². The van der Waals surface area contributed by atoms with Gasteiger partial charge in [-0.15, -0.1) is 0 Å². The van der Waals surface area contributed by atoms with Crippen LogP contribution in [0.1, 0.15) is 17.3 Å². The number of nitrogens with one attached hydrogen (secondary N) is 1. The topological polar surface area (TPSA) is 58.0 Å². The van der Waals surface area contributed by atoms with Crippen molar-refractivity contribution in [1.29, 1.82) is 0 Å². The SMILES string of the molecule is Oc1c(C(Nc2ccccc2F)c2ccccn2)ccc2cccnc12. The second-order valence-electron chi connectivity index (χ2n) is 5.89. The van der Waals surface area contributed by atoms with Crippen LogP contribution in [0.3, 0.4) is 0 Å². The van der Waals surface area contributed by atoms with Gasteiger partial charge in [0.05, 0.1) is 17.4 Å². The third-order valence-corrected chi connectivity index (χ3v) is 4.25. The maximum absolute atomic E-state index is 14.2. The second-order valence-corrected chi connectivity index (χ2v) is 5.89. The number of rotatable bonds is 4. The summed E-state index contributed by atoms with van der Waals surface area (Å²) in [4.78, 5) is 8.66. The number of nitrogens with zero attached hydrogens (tertiary/aromatic N) is 2. The maximum atomic E-state index is 14.2. The highest BCUT2D eigenvalue weighted by molar-refractivity contribution is 5.85. The van der Waals surface area contributed by atoms with Crippen molar-refractivity contribution >= 4 is 16.6 Å². The molecule has 0 aliphatic carbocycles. The molecule has 0 aliphatic heterocycles.